The van der Waals surface area contributed by atoms with E-state index < -0.39 is 0 Å². The molecule has 0 saturated carbocycles. The molecule has 0 N–H and O–H groups in total. The normalized spacial score (nSPS) is 10.7. The van der Waals surface area contributed by atoms with Gasteiger partial charge < -0.3 is 4.74 Å². The zero-order valence-corrected chi connectivity index (χ0v) is 13.6. The Morgan fingerprint density at radius 1 is 0.800 bits per heavy atom. The molecule has 0 amide bonds. The van der Waals surface area contributed by atoms with Gasteiger partial charge in [0.2, 0.25) is 0 Å². The fraction of sp³-hybridized carbons (Fsp3) is 0.889. The van der Waals surface area contributed by atoms with Gasteiger partial charge in [0.1, 0.15) is 0 Å². The number of esters is 1. The molecule has 20 heavy (non-hydrogen) atoms. The summed E-state index contributed by atoms with van der Waals surface area (Å²) in [5.41, 5.74) is 0. The zero-order chi connectivity index (χ0) is 14.9. The van der Waals surface area contributed by atoms with Crippen molar-refractivity contribution < 1.29 is 9.53 Å². The summed E-state index contributed by atoms with van der Waals surface area (Å²) in [6.45, 7) is 6.64. The Hall–Kier alpha value is -0.530. The van der Waals surface area contributed by atoms with Crippen molar-refractivity contribution in [3.8, 4) is 0 Å². The van der Waals surface area contributed by atoms with Crippen LogP contribution in [-0.4, -0.2) is 12.6 Å². The van der Waals surface area contributed by atoms with Crippen molar-refractivity contribution in [1.82, 2.24) is 0 Å². The van der Waals surface area contributed by atoms with E-state index >= 15 is 0 Å². The van der Waals surface area contributed by atoms with Crippen molar-refractivity contribution in [1.29, 1.82) is 0 Å². The molecule has 0 aliphatic rings. The van der Waals surface area contributed by atoms with E-state index in [4.69, 9.17) is 4.74 Å². The maximum absolute atomic E-state index is 11.4. The molecule has 0 spiro atoms. The second-order valence-electron chi connectivity index (χ2n) is 5.71. The standard InChI is InChI=1S/C18H35O2/c1-3-5-7-9-10-11-12-13-14-16-18(19)20-17-15-8-6-4-2/h2-17H2,1H3. The third-order valence-corrected chi connectivity index (χ3v) is 3.64. The molecule has 0 aromatic carbocycles. The van der Waals surface area contributed by atoms with Crippen LogP contribution in [0.2, 0.25) is 0 Å². The molecular weight excluding hydrogens is 248 g/mol. The predicted octanol–water partition coefficient (Wildman–Crippen LogP) is 5.84. The molecule has 0 atom stereocenters. The molecule has 0 aromatic rings. The first-order chi connectivity index (χ1) is 9.81. The molecule has 1 radical (unpaired) electrons. The SMILES string of the molecule is [CH2]CCCCCOC(=O)CCCCCCCCCCC. The van der Waals surface area contributed by atoms with Gasteiger partial charge >= 0.3 is 5.97 Å². The third-order valence-electron chi connectivity index (χ3n) is 3.64. The highest BCUT2D eigenvalue weighted by molar-refractivity contribution is 5.69. The van der Waals surface area contributed by atoms with Gasteiger partial charge in [-0.05, 0) is 12.8 Å². The largest absolute Gasteiger partial charge is 0.466 e. The summed E-state index contributed by atoms with van der Waals surface area (Å²) in [7, 11) is 0. The predicted molar refractivity (Wildman–Crippen MR) is 86.6 cm³/mol. The van der Waals surface area contributed by atoms with E-state index in [1.54, 1.807) is 0 Å². The van der Waals surface area contributed by atoms with E-state index in [1.807, 2.05) is 0 Å². The van der Waals surface area contributed by atoms with Gasteiger partial charge in [-0.15, -0.1) is 0 Å². The third kappa shape index (κ3) is 15.5. The number of unbranched alkanes of at least 4 members (excludes halogenated alkanes) is 11. The minimum Gasteiger partial charge on any atom is -0.466 e. The molecule has 0 aromatic heterocycles. The summed E-state index contributed by atoms with van der Waals surface area (Å²) in [6, 6.07) is 0. The highest BCUT2D eigenvalue weighted by Crippen LogP contribution is 2.10. The number of hydrogen-bond acceptors (Lipinski definition) is 2. The number of rotatable bonds is 15. The van der Waals surface area contributed by atoms with Crippen LogP contribution in [0, 0.1) is 6.92 Å². The summed E-state index contributed by atoms with van der Waals surface area (Å²) < 4.78 is 5.20. The van der Waals surface area contributed by atoms with E-state index in [-0.39, 0.29) is 5.97 Å². The molecular formula is C18H35O2. The number of hydrogen-bond donors (Lipinski definition) is 0. The maximum atomic E-state index is 11.4. The fourth-order valence-electron chi connectivity index (χ4n) is 2.29. The first-order valence-corrected chi connectivity index (χ1v) is 8.76. The lowest BCUT2D eigenvalue weighted by atomic mass is 10.1. The average molecular weight is 283 g/mol. The quantitative estimate of drug-likeness (QED) is 0.278. The van der Waals surface area contributed by atoms with Crippen molar-refractivity contribution in [2.45, 2.75) is 96.8 Å². The summed E-state index contributed by atoms with van der Waals surface area (Å²) in [5, 5.41) is 0. The number of carbonyl (C=O) groups excluding carboxylic acids is 1. The van der Waals surface area contributed by atoms with Gasteiger partial charge in [-0.1, -0.05) is 84.5 Å². The van der Waals surface area contributed by atoms with Crippen LogP contribution in [-0.2, 0) is 9.53 Å². The molecule has 0 aliphatic heterocycles. The molecule has 0 bridgehead atoms. The Morgan fingerprint density at radius 2 is 1.35 bits per heavy atom. The summed E-state index contributed by atoms with van der Waals surface area (Å²) in [6.07, 6.45) is 16.4. The molecule has 2 nitrogen and oxygen atoms in total. The summed E-state index contributed by atoms with van der Waals surface area (Å²) in [5.74, 6) is -0.0115. The van der Waals surface area contributed by atoms with Crippen molar-refractivity contribution in [2.24, 2.45) is 0 Å². The van der Waals surface area contributed by atoms with Gasteiger partial charge in [0.15, 0.2) is 0 Å². The lowest BCUT2D eigenvalue weighted by Crippen LogP contribution is -2.05. The Labute approximate surface area is 126 Å². The Kier molecular flexibility index (Phi) is 16.1. The van der Waals surface area contributed by atoms with Crippen LogP contribution in [0.4, 0.5) is 0 Å². The van der Waals surface area contributed by atoms with Crippen LogP contribution >= 0.6 is 0 Å². The average Bonchev–Trinajstić information content (AvgIpc) is 2.45. The zero-order valence-electron chi connectivity index (χ0n) is 13.6. The first-order valence-electron chi connectivity index (χ1n) is 8.76. The van der Waals surface area contributed by atoms with E-state index in [2.05, 4.69) is 13.8 Å². The van der Waals surface area contributed by atoms with E-state index in [9.17, 15) is 4.79 Å². The number of ether oxygens (including phenoxy) is 1. The van der Waals surface area contributed by atoms with Crippen LogP contribution in [0.15, 0.2) is 0 Å². The van der Waals surface area contributed by atoms with Crippen LogP contribution < -0.4 is 0 Å². The lowest BCUT2D eigenvalue weighted by Gasteiger charge is -2.05. The van der Waals surface area contributed by atoms with E-state index in [1.165, 1.54) is 51.4 Å². The highest BCUT2D eigenvalue weighted by atomic mass is 16.5. The van der Waals surface area contributed by atoms with Crippen molar-refractivity contribution >= 4 is 5.97 Å². The summed E-state index contributed by atoms with van der Waals surface area (Å²) in [4.78, 5) is 11.4. The van der Waals surface area contributed by atoms with Gasteiger partial charge in [0.05, 0.1) is 6.61 Å². The minimum absolute atomic E-state index is 0.0115. The molecule has 0 unspecified atom stereocenters. The minimum atomic E-state index is -0.0115. The molecule has 119 valence electrons. The van der Waals surface area contributed by atoms with E-state index in [0.29, 0.717) is 13.0 Å². The number of carbonyl (C=O) groups is 1. The Balaban J connectivity index is 3.11. The van der Waals surface area contributed by atoms with Crippen molar-refractivity contribution in [3.63, 3.8) is 0 Å². The van der Waals surface area contributed by atoms with Crippen molar-refractivity contribution in [3.05, 3.63) is 6.92 Å². The lowest BCUT2D eigenvalue weighted by molar-refractivity contribution is -0.143. The second kappa shape index (κ2) is 16.5. The first kappa shape index (κ1) is 19.5. The highest BCUT2D eigenvalue weighted by Gasteiger charge is 2.02. The molecule has 0 fully saturated rings. The van der Waals surface area contributed by atoms with Crippen LogP contribution in [0.25, 0.3) is 0 Å². The van der Waals surface area contributed by atoms with Crippen LogP contribution in [0.3, 0.4) is 0 Å². The molecule has 2 heteroatoms. The molecule has 0 rings (SSSR count). The van der Waals surface area contributed by atoms with E-state index in [0.717, 1.165) is 32.1 Å². The van der Waals surface area contributed by atoms with Crippen LogP contribution in [0.5, 0.6) is 0 Å². The Bertz CT molecular complexity index is 202. The molecule has 0 saturated heterocycles. The van der Waals surface area contributed by atoms with Gasteiger partial charge in [-0.25, -0.2) is 0 Å². The second-order valence-corrected chi connectivity index (χ2v) is 5.71. The summed E-state index contributed by atoms with van der Waals surface area (Å²) >= 11 is 0. The molecule has 0 heterocycles. The van der Waals surface area contributed by atoms with Gasteiger partial charge in [-0.3, -0.25) is 4.79 Å². The Morgan fingerprint density at radius 3 is 1.95 bits per heavy atom. The smallest absolute Gasteiger partial charge is 0.305 e. The van der Waals surface area contributed by atoms with Crippen LogP contribution in [0.1, 0.15) is 96.8 Å². The molecule has 0 aliphatic carbocycles. The fourth-order valence-corrected chi connectivity index (χ4v) is 2.29. The van der Waals surface area contributed by atoms with Gasteiger partial charge in [0.25, 0.3) is 0 Å². The van der Waals surface area contributed by atoms with Gasteiger partial charge in [0, 0.05) is 6.42 Å². The van der Waals surface area contributed by atoms with Crippen molar-refractivity contribution in [2.75, 3.05) is 6.61 Å². The topological polar surface area (TPSA) is 26.3 Å². The monoisotopic (exact) mass is 283 g/mol. The maximum Gasteiger partial charge on any atom is 0.305 e. The van der Waals surface area contributed by atoms with Gasteiger partial charge in [-0.2, -0.15) is 0 Å².